The number of H-pyrrole nitrogens is 1. The number of nitrogens with one attached hydrogen (secondary N) is 4. The van der Waals surface area contributed by atoms with E-state index < -0.39 is 0 Å². The van der Waals surface area contributed by atoms with Gasteiger partial charge >= 0.3 is 0 Å². The fourth-order valence-electron chi connectivity index (χ4n) is 3.80. The number of fused-ring (bicyclic) bond motifs is 1. The average molecular weight is 426 g/mol. The minimum atomic E-state index is -0.223. The zero-order valence-corrected chi connectivity index (χ0v) is 18.0. The van der Waals surface area contributed by atoms with Gasteiger partial charge in [0.25, 0.3) is 0 Å². The molecule has 0 radical (unpaired) electrons. The summed E-state index contributed by atoms with van der Waals surface area (Å²) in [7, 11) is 1.65. The van der Waals surface area contributed by atoms with Crippen LogP contribution in [0.15, 0.2) is 48.5 Å². The van der Waals surface area contributed by atoms with Crippen LogP contribution in [-0.4, -0.2) is 41.5 Å². The van der Waals surface area contributed by atoms with Crippen molar-refractivity contribution in [3.8, 4) is 5.75 Å². The first-order valence-electron chi connectivity index (χ1n) is 10.1. The second kappa shape index (κ2) is 9.51. The molecule has 0 bridgehead atoms. The van der Waals surface area contributed by atoms with Crippen molar-refractivity contribution in [2.75, 3.05) is 25.7 Å². The van der Waals surface area contributed by atoms with E-state index in [0.717, 1.165) is 40.3 Å². The maximum atomic E-state index is 13.2. The van der Waals surface area contributed by atoms with Crippen molar-refractivity contribution in [1.82, 2.24) is 26.1 Å². The summed E-state index contributed by atoms with van der Waals surface area (Å²) in [6.45, 7) is 0.567. The van der Waals surface area contributed by atoms with Crippen LogP contribution in [0, 0.1) is 5.92 Å². The molecule has 1 fully saturated rings. The number of methoxy groups -OCH3 is 1. The van der Waals surface area contributed by atoms with Crippen LogP contribution >= 0.6 is 11.8 Å². The van der Waals surface area contributed by atoms with Gasteiger partial charge in [-0.3, -0.25) is 10.2 Å². The van der Waals surface area contributed by atoms with Gasteiger partial charge in [-0.15, -0.1) is 0 Å². The third-order valence-corrected chi connectivity index (χ3v) is 6.10. The molecule has 0 spiro atoms. The molecule has 3 aromatic rings. The number of thioether (sulfide) groups is 1. The predicted molar refractivity (Wildman–Crippen MR) is 120 cm³/mol. The first-order chi connectivity index (χ1) is 14.7. The van der Waals surface area contributed by atoms with Crippen LogP contribution in [0.25, 0.3) is 11.0 Å². The van der Waals surface area contributed by atoms with E-state index in [4.69, 9.17) is 9.72 Å². The van der Waals surface area contributed by atoms with E-state index in [1.54, 1.807) is 18.9 Å². The van der Waals surface area contributed by atoms with Crippen molar-refractivity contribution < 1.29 is 9.53 Å². The predicted octanol–water partition coefficient (Wildman–Crippen LogP) is 2.95. The minimum absolute atomic E-state index is 0.0138. The number of aromatic nitrogens is 2. The molecule has 2 heterocycles. The largest absolute Gasteiger partial charge is 0.497 e. The molecule has 1 aliphatic rings. The zero-order valence-electron chi connectivity index (χ0n) is 17.1. The highest BCUT2D eigenvalue weighted by atomic mass is 32.2. The van der Waals surface area contributed by atoms with E-state index in [9.17, 15) is 4.79 Å². The molecule has 2 unspecified atom stereocenters. The molecule has 1 amide bonds. The molecule has 3 atom stereocenters. The quantitative estimate of drug-likeness (QED) is 0.444. The monoisotopic (exact) mass is 425 g/mol. The summed E-state index contributed by atoms with van der Waals surface area (Å²) in [5.74, 6) is 2.33. The first-order valence-corrected chi connectivity index (χ1v) is 11.4. The highest BCUT2D eigenvalue weighted by Crippen LogP contribution is 2.28. The summed E-state index contributed by atoms with van der Waals surface area (Å²) in [6.07, 6.45) is 2.88. The molecule has 0 saturated carbocycles. The van der Waals surface area contributed by atoms with Crippen molar-refractivity contribution in [3.05, 3.63) is 59.9 Å². The molecule has 30 heavy (non-hydrogen) atoms. The Labute approximate surface area is 180 Å². The number of rotatable bonds is 8. The molecule has 1 saturated heterocycles. The van der Waals surface area contributed by atoms with Crippen molar-refractivity contribution in [1.29, 1.82) is 0 Å². The summed E-state index contributed by atoms with van der Waals surface area (Å²) in [5.41, 5.74) is 9.32. The Morgan fingerprint density at radius 3 is 2.80 bits per heavy atom. The number of para-hydroxylation sites is 2. The maximum absolute atomic E-state index is 13.2. The molecular weight excluding hydrogens is 398 g/mol. The lowest BCUT2D eigenvalue weighted by Crippen LogP contribution is -2.38. The molecular formula is C22H27N5O2S. The molecule has 2 aromatic carbocycles. The van der Waals surface area contributed by atoms with Gasteiger partial charge in [-0.2, -0.15) is 11.8 Å². The summed E-state index contributed by atoms with van der Waals surface area (Å²) < 4.78 is 5.24. The topological polar surface area (TPSA) is 91.1 Å². The number of imidazole rings is 1. The van der Waals surface area contributed by atoms with Gasteiger partial charge in [0.15, 0.2) is 0 Å². The molecule has 8 heteroatoms. The highest BCUT2D eigenvalue weighted by molar-refractivity contribution is 7.98. The second-order valence-corrected chi connectivity index (χ2v) is 8.35. The van der Waals surface area contributed by atoms with Gasteiger partial charge in [0.1, 0.15) is 11.6 Å². The Bertz CT molecular complexity index is 958. The van der Waals surface area contributed by atoms with E-state index in [1.165, 1.54) is 0 Å². The summed E-state index contributed by atoms with van der Waals surface area (Å²) in [4.78, 5) is 21.3. The Kier molecular flexibility index (Phi) is 6.56. The summed E-state index contributed by atoms with van der Waals surface area (Å²) in [6, 6.07) is 15.5. The average Bonchev–Trinajstić information content (AvgIpc) is 3.44. The summed E-state index contributed by atoms with van der Waals surface area (Å²) in [5, 5.41) is 3.24. The van der Waals surface area contributed by atoms with E-state index in [1.807, 2.05) is 48.5 Å². The van der Waals surface area contributed by atoms with Crippen LogP contribution < -0.4 is 20.9 Å². The van der Waals surface area contributed by atoms with Gasteiger partial charge in [-0.25, -0.2) is 10.4 Å². The number of ether oxygens (including phenoxy) is 1. The molecule has 158 valence electrons. The molecule has 4 rings (SSSR count). The van der Waals surface area contributed by atoms with Crippen molar-refractivity contribution in [2.24, 2.45) is 5.92 Å². The lowest BCUT2D eigenvalue weighted by Gasteiger charge is -2.22. The van der Waals surface area contributed by atoms with Gasteiger partial charge in [-0.05, 0) is 48.3 Å². The van der Waals surface area contributed by atoms with E-state index in [-0.39, 0.29) is 23.9 Å². The summed E-state index contributed by atoms with van der Waals surface area (Å²) >= 11 is 1.76. The maximum Gasteiger partial charge on any atom is 0.227 e. The lowest BCUT2D eigenvalue weighted by atomic mass is 9.93. The van der Waals surface area contributed by atoms with Gasteiger partial charge in [0.2, 0.25) is 5.91 Å². The smallest absolute Gasteiger partial charge is 0.227 e. The number of carbonyl (C=O) groups excluding carboxylic acids is 1. The molecule has 0 aliphatic carbocycles. The number of hydrazine groups is 1. The Morgan fingerprint density at radius 2 is 2.07 bits per heavy atom. The van der Waals surface area contributed by atoms with Crippen LogP contribution in [0.1, 0.15) is 29.9 Å². The minimum Gasteiger partial charge on any atom is -0.497 e. The van der Waals surface area contributed by atoms with Gasteiger partial charge < -0.3 is 15.0 Å². The van der Waals surface area contributed by atoms with Gasteiger partial charge in [0, 0.05) is 6.54 Å². The van der Waals surface area contributed by atoms with Crippen molar-refractivity contribution in [3.63, 3.8) is 0 Å². The second-order valence-electron chi connectivity index (χ2n) is 7.36. The van der Waals surface area contributed by atoms with Crippen LogP contribution in [0.3, 0.4) is 0 Å². The standard InChI is InChI=1S/C22H27N5O2S/c1-29-15-9-7-14(8-10-15)20-16(13-23-27-20)22(28)26-19(11-12-30-2)21-24-17-5-3-4-6-18(17)25-21/h3-10,16,19-20,23,27H,11-13H2,1-2H3,(H,24,25)(H,26,28)/t16?,19-,20?/m0/s1. The first kappa shape index (κ1) is 20.7. The van der Waals surface area contributed by atoms with Crippen molar-refractivity contribution >= 4 is 28.7 Å². The molecule has 1 aliphatic heterocycles. The fourth-order valence-corrected chi connectivity index (χ4v) is 4.27. The number of carbonyl (C=O) groups is 1. The number of hydrogen-bond donors (Lipinski definition) is 4. The molecule has 7 nitrogen and oxygen atoms in total. The third kappa shape index (κ3) is 4.45. The number of aromatic amines is 1. The molecule has 1 aromatic heterocycles. The van der Waals surface area contributed by atoms with Crippen LogP contribution in [0.4, 0.5) is 0 Å². The normalized spacial score (nSPS) is 19.7. The van der Waals surface area contributed by atoms with Crippen molar-refractivity contribution in [2.45, 2.75) is 18.5 Å². The van der Waals surface area contributed by atoms with Crippen LogP contribution in [0.5, 0.6) is 5.75 Å². The van der Waals surface area contributed by atoms with E-state index in [0.29, 0.717) is 6.54 Å². The van der Waals surface area contributed by atoms with E-state index in [2.05, 4.69) is 27.4 Å². The van der Waals surface area contributed by atoms with Crippen LogP contribution in [-0.2, 0) is 4.79 Å². The fraction of sp³-hybridized carbons (Fsp3) is 0.364. The lowest BCUT2D eigenvalue weighted by molar-refractivity contribution is -0.125. The number of hydrogen-bond acceptors (Lipinski definition) is 6. The van der Waals surface area contributed by atoms with Gasteiger partial charge in [-0.1, -0.05) is 24.3 Å². The Hall–Kier alpha value is -2.55. The Morgan fingerprint density at radius 1 is 1.27 bits per heavy atom. The highest BCUT2D eigenvalue weighted by Gasteiger charge is 2.35. The zero-order chi connectivity index (χ0) is 20.9. The van der Waals surface area contributed by atoms with E-state index >= 15 is 0 Å². The Balaban J connectivity index is 1.52. The number of benzene rings is 2. The van der Waals surface area contributed by atoms with Crippen LogP contribution in [0.2, 0.25) is 0 Å². The SMILES string of the molecule is COc1ccc(C2NNCC2C(=O)N[C@@H](CCSC)c2nc3ccccc3[nH]2)cc1. The van der Waals surface area contributed by atoms with Gasteiger partial charge in [0.05, 0.1) is 36.1 Å². The third-order valence-electron chi connectivity index (χ3n) is 5.46. The number of nitrogens with zero attached hydrogens (tertiary/aromatic N) is 1. The number of amides is 1. The molecule has 4 N–H and O–H groups in total.